The molecule has 0 radical (unpaired) electrons. The van der Waals surface area contributed by atoms with E-state index in [0.717, 1.165) is 0 Å². The van der Waals surface area contributed by atoms with Crippen LogP contribution in [0.2, 0.25) is 0 Å². The predicted molar refractivity (Wildman–Crippen MR) is 38.8 cm³/mol. The molecule has 0 fully saturated rings. The zero-order chi connectivity index (χ0) is 7.40. The van der Waals surface area contributed by atoms with Crippen LogP contribution in [0.15, 0.2) is 18.4 Å². The molecule has 0 aromatic rings. The summed E-state index contributed by atoms with van der Waals surface area (Å²) in [7, 11) is 0. The number of carbonyl (C=O) groups is 1. The Morgan fingerprint density at radius 2 is 2.50 bits per heavy atom. The number of Topliss-reactive ketones (excluding diaryl/α,β-unsaturated/α-hetero) is 1. The maximum atomic E-state index is 10.6. The number of allylic oxidation sites excluding steroid dienone is 3. The Balaban J connectivity index is 2.58. The van der Waals surface area contributed by atoms with Crippen molar-refractivity contribution >= 4 is 12.0 Å². The van der Waals surface area contributed by atoms with Crippen LogP contribution in [0.25, 0.3) is 0 Å². The minimum Gasteiger partial charge on any atom is -0.293 e. The van der Waals surface area contributed by atoms with Gasteiger partial charge in [-0.05, 0) is 0 Å². The van der Waals surface area contributed by atoms with Crippen LogP contribution in [0.1, 0.15) is 6.92 Å². The third-order valence-electron chi connectivity index (χ3n) is 1.12. The molecule has 0 saturated carbocycles. The zero-order valence-corrected chi connectivity index (χ0v) is 5.87. The van der Waals surface area contributed by atoms with Crippen LogP contribution in [0.3, 0.4) is 0 Å². The summed E-state index contributed by atoms with van der Waals surface area (Å²) in [4.78, 5) is 10.6. The third-order valence-corrected chi connectivity index (χ3v) is 1.12. The van der Waals surface area contributed by atoms with Gasteiger partial charge in [0.05, 0.1) is 0 Å². The topological polar surface area (TPSA) is 20.1 Å². The maximum Gasteiger partial charge on any atom is 0.314 e. The Morgan fingerprint density at radius 1 is 1.70 bits per heavy atom. The summed E-state index contributed by atoms with van der Waals surface area (Å²) in [6.45, 7) is 2.01. The molecule has 0 N–H and O–H groups in total. The van der Waals surface area contributed by atoms with Crippen molar-refractivity contribution in [3.05, 3.63) is 24.4 Å². The largest absolute Gasteiger partial charge is 0.314 e. The van der Waals surface area contributed by atoms with E-state index in [2.05, 4.69) is 6.08 Å². The molecule has 50 valence electrons. The molecule has 0 saturated heterocycles. The van der Waals surface area contributed by atoms with Crippen molar-refractivity contribution in [1.29, 1.82) is 0 Å². The van der Waals surface area contributed by atoms with E-state index in [1.54, 1.807) is 23.8 Å². The highest BCUT2D eigenvalue weighted by atomic mass is 16.1. The fourth-order valence-electron chi connectivity index (χ4n) is 0.746. The fourth-order valence-corrected chi connectivity index (χ4v) is 0.746. The van der Waals surface area contributed by atoms with Gasteiger partial charge in [-0.15, -0.1) is 0 Å². The van der Waals surface area contributed by atoms with Crippen LogP contribution in [-0.2, 0) is 4.79 Å². The van der Waals surface area contributed by atoms with Crippen LogP contribution >= 0.6 is 0 Å². The first-order valence-corrected chi connectivity index (χ1v) is 3.13. The van der Waals surface area contributed by atoms with Gasteiger partial charge < -0.3 is 0 Å². The zero-order valence-electron chi connectivity index (χ0n) is 5.87. The Bertz CT molecular complexity index is 223. The van der Waals surface area contributed by atoms with E-state index in [0.29, 0.717) is 6.54 Å². The second-order valence-corrected chi connectivity index (χ2v) is 2.18. The Morgan fingerprint density at radius 3 is 3.00 bits per heavy atom. The molecule has 0 bridgehead atoms. The first kappa shape index (κ1) is 6.84. The van der Waals surface area contributed by atoms with Crippen LogP contribution in [0.5, 0.6) is 0 Å². The quantitative estimate of drug-likeness (QED) is 0.400. The first-order chi connectivity index (χ1) is 4.79. The van der Waals surface area contributed by atoms with Crippen LogP contribution < -0.4 is 0 Å². The highest BCUT2D eigenvalue weighted by Gasteiger charge is 2.08. The number of carbonyl (C=O) groups excluding carboxylic acids is 1. The van der Waals surface area contributed by atoms with Crippen LogP contribution in [0, 0.1) is 6.08 Å². The lowest BCUT2D eigenvalue weighted by Gasteiger charge is -1.87. The second kappa shape index (κ2) is 3.04. The number of rotatable bonds is 2. The van der Waals surface area contributed by atoms with Gasteiger partial charge in [0.15, 0.2) is 17.9 Å². The van der Waals surface area contributed by atoms with Gasteiger partial charge >= 0.3 is 6.20 Å². The van der Waals surface area contributed by atoms with Crippen molar-refractivity contribution in [3.63, 3.8) is 0 Å². The number of hydrogen-bond acceptors (Lipinski definition) is 1. The standard InChI is InChI=1S/C8H9NO/c1-8(10)7-9-5-3-2-4-6-9/h2-3,5-6H,7H2,1H3/q+2. The molecule has 1 rings (SSSR count). The van der Waals surface area contributed by atoms with E-state index in [1.807, 2.05) is 12.3 Å². The molecule has 2 nitrogen and oxygen atoms in total. The summed E-state index contributed by atoms with van der Waals surface area (Å²) in [5.74, 6) is 0.157. The van der Waals surface area contributed by atoms with Crippen LogP contribution in [-0.4, -0.2) is 23.1 Å². The Kier molecular flexibility index (Phi) is 2.08. The molecule has 0 spiro atoms. The molecule has 1 aliphatic heterocycles. The van der Waals surface area contributed by atoms with Gasteiger partial charge in [-0.3, -0.25) is 4.79 Å². The first-order valence-electron chi connectivity index (χ1n) is 3.13. The van der Waals surface area contributed by atoms with Gasteiger partial charge in [-0.1, -0.05) is 0 Å². The van der Waals surface area contributed by atoms with Crippen molar-refractivity contribution < 1.29 is 9.37 Å². The smallest absolute Gasteiger partial charge is 0.293 e. The summed E-state index contributed by atoms with van der Waals surface area (Å²) in [6, 6.07) is 0. The van der Waals surface area contributed by atoms with Crippen molar-refractivity contribution in [2.24, 2.45) is 0 Å². The minimum absolute atomic E-state index is 0.157. The summed E-state index contributed by atoms with van der Waals surface area (Å²) in [5, 5.41) is 0. The molecule has 0 aromatic carbocycles. The molecular formula is C8H9NO+2. The number of hydrogen-bond donors (Lipinski definition) is 0. The van der Waals surface area contributed by atoms with Crippen molar-refractivity contribution in [2.75, 3.05) is 6.54 Å². The van der Waals surface area contributed by atoms with E-state index in [1.165, 1.54) is 0 Å². The Hall–Kier alpha value is -1.27. The molecule has 0 aromatic heterocycles. The average Bonchev–Trinajstić information content (AvgIpc) is 1.88. The molecule has 1 aliphatic rings. The highest BCUT2D eigenvalue weighted by molar-refractivity contribution is 5.78. The van der Waals surface area contributed by atoms with E-state index in [-0.39, 0.29) is 5.78 Å². The normalized spacial score (nSPS) is 14.3. The van der Waals surface area contributed by atoms with Gasteiger partial charge in [0.2, 0.25) is 6.54 Å². The van der Waals surface area contributed by atoms with Crippen molar-refractivity contribution in [2.45, 2.75) is 6.92 Å². The minimum atomic E-state index is 0.157. The van der Waals surface area contributed by atoms with Crippen molar-refractivity contribution in [3.8, 4) is 0 Å². The predicted octanol–water partition coefficient (Wildman–Crippen LogP) is 0.545. The van der Waals surface area contributed by atoms with E-state index >= 15 is 0 Å². The molecule has 1 heterocycles. The molecule has 0 amide bonds. The van der Waals surface area contributed by atoms with Crippen molar-refractivity contribution in [1.82, 2.24) is 0 Å². The SMILES string of the molecule is CC(=O)C[N+]1=CC=C[C+]=C1. The average molecular weight is 135 g/mol. The maximum absolute atomic E-state index is 10.6. The number of nitrogens with zero attached hydrogens (tertiary/aromatic N) is 1. The molecule has 2 heteroatoms. The third kappa shape index (κ3) is 1.92. The lowest BCUT2D eigenvalue weighted by molar-refractivity contribution is -0.439. The fraction of sp³-hybridized carbons (Fsp3) is 0.250. The monoisotopic (exact) mass is 135 g/mol. The summed E-state index contributed by atoms with van der Waals surface area (Å²) < 4.78 is 1.79. The van der Waals surface area contributed by atoms with E-state index in [9.17, 15) is 4.79 Å². The highest BCUT2D eigenvalue weighted by Crippen LogP contribution is 1.86. The van der Waals surface area contributed by atoms with E-state index in [4.69, 9.17) is 0 Å². The summed E-state index contributed by atoms with van der Waals surface area (Å²) in [6.07, 6.45) is 10.1. The van der Waals surface area contributed by atoms with Crippen LogP contribution in [0.4, 0.5) is 0 Å². The summed E-state index contributed by atoms with van der Waals surface area (Å²) >= 11 is 0. The lowest BCUT2D eigenvalue weighted by Crippen LogP contribution is -2.14. The van der Waals surface area contributed by atoms with Gasteiger partial charge in [-0.25, -0.2) is 0 Å². The lowest BCUT2D eigenvalue weighted by atomic mass is 10.4. The summed E-state index contributed by atoms with van der Waals surface area (Å²) in [5.41, 5.74) is 0. The molecule has 0 unspecified atom stereocenters. The Labute approximate surface area is 60.2 Å². The van der Waals surface area contributed by atoms with Gasteiger partial charge in [0, 0.05) is 6.92 Å². The molecule has 10 heavy (non-hydrogen) atoms. The van der Waals surface area contributed by atoms with Gasteiger partial charge in [-0.2, -0.15) is 4.58 Å². The van der Waals surface area contributed by atoms with Gasteiger partial charge in [0.25, 0.3) is 6.21 Å². The number of ketones is 1. The molecule has 0 atom stereocenters. The van der Waals surface area contributed by atoms with E-state index < -0.39 is 0 Å². The molecule has 0 aliphatic carbocycles. The second-order valence-electron chi connectivity index (χ2n) is 2.18. The molecular weight excluding hydrogens is 126 g/mol. The van der Waals surface area contributed by atoms with Gasteiger partial charge in [0.1, 0.15) is 6.08 Å².